The smallest absolute Gasteiger partial charge is 0.193 e. The second-order valence-corrected chi connectivity index (χ2v) is 7.61. The van der Waals surface area contributed by atoms with E-state index in [4.69, 9.17) is 0 Å². The van der Waals surface area contributed by atoms with Gasteiger partial charge in [0, 0.05) is 13.3 Å². The van der Waals surface area contributed by atoms with Crippen LogP contribution in [-0.2, 0) is 0 Å². The Morgan fingerprint density at radius 2 is 1.56 bits per heavy atom. The molecule has 1 aliphatic heterocycles. The topological polar surface area (TPSA) is 32.3 Å². The third-order valence-corrected chi connectivity index (χ3v) is 5.71. The first-order valence-electron chi connectivity index (χ1n) is 10.8. The number of nitrogens with zero attached hydrogens (tertiary/aromatic N) is 1. The number of nitrogens with one attached hydrogen (secondary N) is 1. The molecule has 1 aliphatic rings. The molecule has 146 valence electrons. The molecular formula is C22H43N2O+. The van der Waals surface area contributed by atoms with Gasteiger partial charge >= 0.3 is 0 Å². The zero-order valence-electron chi connectivity index (χ0n) is 17.1. The highest BCUT2D eigenvalue weighted by molar-refractivity contribution is 4.88. The quantitative estimate of drug-likeness (QED) is 0.221. The van der Waals surface area contributed by atoms with Gasteiger partial charge in [-0.3, -0.25) is 4.48 Å². The number of quaternary nitrogens is 1. The zero-order valence-corrected chi connectivity index (χ0v) is 17.1. The molecule has 1 rings (SSSR count). The molecule has 3 atom stereocenters. The van der Waals surface area contributed by atoms with Gasteiger partial charge in [-0.2, -0.15) is 0 Å². The van der Waals surface area contributed by atoms with Crippen LogP contribution in [0, 0.1) is 0 Å². The average molecular weight is 352 g/mol. The van der Waals surface area contributed by atoms with E-state index in [0.717, 1.165) is 19.4 Å². The van der Waals surface area contributed by atoms with Crippen molar-refractivity contribution in [1.29, 1.82) is 0 Å². The van der Waals surface area contributed by atoms with E-state index in [0.29, 0.717) is 10.6 Å². The molecule has 0 saturated carbocycles. The van der Waals surface area contributed by atoms with Crippen molar-refractivity contribution < 1.29 is 9.59 Å². The van der Waals surface area contributed by atoms with Crippen molar-refractivity contribution in [3.05, 3.63) is 24.6 Å². The Kier molecular flexibility index (Phi) is 11.9. The van der Waals surface area contributed by atoms with E-state index in [9.17, 15) is 5.11 Å². The molecule has 0 bridgehead atoms. The largest absolute Gasteiger partial charge is 0.345 e. The third-order valence-electron chi connectivity index (χ3n) is 5.71. The fraction of sp³-hybridized carbons (Fsp3) is 0.818. The molecule has 3 nitrogen and oxygen atoms in total. The molecule has 0 radical (unpaired) electrons. The average Bonchev–Trinajstić information content (AvgIpc) is 3.03. The standard InChI is InChI=1S/C22H43N2O/c1-4-6-7-8-9-10-11-12-13-14-15-16-17-18-22-23-19-20-24(22,5-2)21(3)25/h15-16,19-23,25H,4-14,17-18H2,1-3H3/q+1/b16-15+. The summed E-state index contributed by atoms with van der Waals surface area (Å²) in [5.41, 5.74) is 0. The van der Waals surface area contributed by atoms with Gasteiger partial charge in [-0.05, 0) is 26.2 Å². The lowest BCUT2D eigenvalue weighted by Gasteiger charge is -2.39. The third kappa shape index (κ3) is 7.96. The van der Waals surface area contributed by atoms with Gasteiger partial charge in [-0.25, -0.2) is 0 Å². The number of hydrogen-bond acceptors (Lipinski definition) is 2. The van der Waals surface area contributed by atoms with Crippen LogP contribution in [0.5, 0.6) is 0 Å². The highest BCUT2D eigenvalue weighted by Gasteiger charge is 2.40. The van der Waals surface area contributed by atoms with Gasteiger partial charge < -0.3 is 10.4 Å². The second kappa shape index (κ2) is 13.4. The Balaban J connectivity index is 2.02. The van der Waals surface area contributed by atoms with Crippen molar-refractivity contribution in [1.82, 2.24) is 5.32 Å². The molecule has 1 heterocycles. The molecule has 2 N–H and O–H groups in total. The number of rotatable bonds is 15. The summed E-state index contributed by atoms with van der Waals surface area (Å²) in [5.74, 6) is 0. The van der Waals surface area contributed by atoms with Crippen LogP contribution >= 0.6 is 0 Å². The van der Waals surface area contributed by atoms with Gasteiger partial charge in [-0.15, -0.1) is 0 Å². The van der Waals surface area contributed by atoms with Crippen LogP contribution in [0.4, 0.5) is 0 Å². The second-order valence-electron chi connectivity index (χ2n) is 7.61. The van der Waals surface area contributed by atoms with Crippen LogP contribution in [0.2, 0.25) is 0 Å². The number of hydrogen-bond donors (Lipinski definition) is 2. The molecule has 0 aromatic heterocycles. The van der Waals surface area contributed by atoms with Crippen LogP contribution in [0.1, 0.15) is 97.8 Å². The van der Waals surface area contributed by atoms with E-state index in [2.05, 4.69) is 37.5 Å². The monoisotopic (exact) mass is 351 g/mol. The van der Waals surface area contributed by atoms with Crippen LogP contribution < -0.4 is 5.32 Å². The van der Waals surface area contributed by atoms with E-state index in [1.54, 1.807) is 0 Å². The highest BCUT2D eigenvalue weighted by Crippen LogP contribution is 2.25. The van der Waals surface area contributed by atoms with Crippen molar-refractivity contribution in [3.8, 4) is 0 Å². The minimum Gasteiger partial charge on any atom is -0.345 e. The molecule has 0 fully saturated rings. The molecule has 25 heavy (non-hydrogen) atoms. The summed E-state index contributed by atoms with van der Waals surface area (Å²) in [6.45, 7) is 7.25. The van der Waals surface area contributed by atoms with E-state index in [1.807, 2.05) is 13.1 Å². The van der Waals surface area contributed by atoms with Crippen LogP contribution in [0.15, 0.2) is 24.6 Å². The first-order chi connectivity index (χ1) is 12.2. The van der Waals surface area contributed by atoms with Crippen LogP contribution in [0.3, 0.4) is 0 Å². The van der Waals surface area contributed by atoms with Crippen molar-refractivity contribution >= 4 is 0 Å². The van der Waals surface area contributed by atoms with Crippen molar-refractivity contribution in [2.24, 2.45) is 0 Å². The van der Waals surface area contributed by atoms with E-state index in [-0.39, 0.29) is 6.23 Å². The molecule has 0 saturated heterocycles. The summed E-state index contributed by atoms with van der Waals surface area (Å²) in [5, 5.41) is 13.6. The minimum absolute atomic E-state index is 0.308. The van der Waals surface area contributed by atoms with Gasteiger partial charge in [0.2, 0.25) is 0 Å². The van der Waals surface area contributed by atoms with Crippen LogP contribution in [-0.4, -0.2) is 28.5 Å². The molecule has 0 aromatic rings. The van der Waals surface area contributed by atoms with Gasteiger partial charge in [0.15, 0.2) is 12.4 Å². The molecule has 3 heteroatoms. The number of allylic oxidation sites excluding steroid dienone is 2. The van der Waals surface area contributed by atoms with Crippen LogP contribution in [0.25, 0.3) is 0 Å². The van der Waals surface area contributed by atoms with E-state index in [1.165, 1.54) is 64.2 Å². The predicted molar refractivity (Wildman–Crippen MR) is 109 cm³/mol. The van der Waals surface area contributed by atoms with Gasteiger partial charge in [0.05, 0.1) is 12.7 Å². The lowest BCUT2D eigenvalue weighted by atomic mass is 10.1. The number of aliphatic hydroxyl groups excluding tert-OH is 1. The Morgan fingerprint density at radius 3 is 2.16 bits per heavy atom. The summed E-state index contributed by atoms with van der Waals surface area (Å²) < 4.78 is 0.645. The molecule has 0 aliphatic carbocycles. The van der Waals surface area contributed by atoms with E-state index < -0.39 is 0 Å². The lowest BCUT2D eigenvalue weighted by molar-refractivity contribution is -0.942. The summed E-state index contributed by atoms with van der Waals surface area (Å²) >= 11 is 0. The van der Waals surface area contributed by atoms with Gasteiger partial charge in [0.25, 0.3) is 0 Å². The minimum atomic E-state index is -0.354. The molecule has 0 amide bonds. The SMILES string of the molecule is CCCCCCCCCCC/C=C/CCC1NC=C[N+]1(CC)C(C)O. The summed E-state index contributed by atoms with van der Waals surface area (Å²) in [6.07, 6.45) is 24.7. The number of unbranched alkanes of at least 4 members (excludes halogenated alkanes) is 9. The summed E-state index contributed by atoms with van der Waals surface area (Å²) in [7, 11) is 0. The van der Waals surface area contributed by atoms with Gasteiger partial charge in [0.1, 0.15) is 6.20 Å². The highest BCUT2D eigenvalue weighted by atomic mass is 16.3. The van der Waals surface area contributed by atoms with Crippen molar-refractivity contribution in [3.63, 3.8) is 0 Å². The van der Waals surface area contributed by atoms with Crippen molar-refractivity contribution in [2.75, 3.05) is 6.54 Å². The Hall–Kier alpha value is -0.800. The summed E-state index contributed by atoms with van der Waals surface area (Å²) in [4.78, 5) is 0. The Bertz CT molecular complexity index is 378. The maximum atomic E-state index is 10.1. The maximum Gasteiger partial charge on any atom is 0.193 e. The molecule has 0 aromatic carbocycles. The molecule has 3 unspecified atom stereocenters. The summed E-state index contributed by atoms with van der Waals surface area (Å²) in [6, 6.07) is 0. The first kappa shape index (κ1) is 22.2. The Morgan fingerprint density at radius 1 is 0.960 bits per heavy atom. The Labute approximate surface area is 156 Å². The van der Waals surface area contributed by atoms with Gasteiger partial charge in [-0.1, -0.05) is 70.4 Å². The fourth-order valence-electron chi connectivity index (χ4n) is 3.90. The first-order valence-corrected chi connectivity index (χ1v) is 10.8. The number of aliphatic hydroxyl groups is 1. The fourth-order valence-corrected chi connectivity index (χ4v) is 3.90. The van der Waals surface area contributed by atoms with Crippen molar-refractivity contribution in [2.45, 2.75) is 110 Å². The predicted octanol–water partition coefficient (Wildman–Crippen LogP) is 5.82. The zero-order chi connectivity index (χ0) is 18.4. The molecular weight excluding hydrogens is 308 g/mol. The van der Waals surface area contributed by atoms with E-state index >= 15 is 0 Å². The lowest BCUT2D eigenvalue weighted by Crippen LogP contribution is -2.57. The normalized spacial score (nSPS) is 24.1. The maximum absolute atomic E-state index is 10.1. The molecule has 0 spiro atoms.